The Morgan fingerprint density at radius 2 is 1.43 bits per heavy atom. The summed E-state index contributed by atoms with van der Waals surface area (Å²) in [7, 11) is 0.721. The van der Waals surface area contributed by atoms with E-state index < -0.39 is 43.0 Å². The number of hydrogen-bond acceptors (Lipinski definition) is 7. The molecule has 1 aromatic heterocycles. The molecule has 0 aliphatic rings. The maximum Gasteiger partial charge on any atom is 0.598 e. The monoisotopic (exact) mass is 710 g/mol. The summed E-state index contributed by atoms with van der Waals surface area (Å²) in [6.07, 6.45) is 3.12. The molecule has 0 saturated carbocycles. The highest BCUT2D eigenvalue weighted by atomic mass is 32.1. The number of ether oxygens (including phenoxy) is 1. The lowest BCUT2D eigenvalue weighted by molar-refractivity contribution is -0.122. The zero-order chi connectivity index (χ0) is 36.5. The van der Waals surface area contributed by atoms with Crippen molar-refractivity contribution in [3.63, 3.8) is 0 Å². The number of thiophene rings is 1. The van der Waals surface area contributed by atoms with Crippen molar-refractivity contribution in [2.45, 2.75) is 52.5 Å². The van der Waals surface area contributed by atoms with E-state index in [0.717, 1.165) is 22.8 Å². The van der Waals surface area contributed by atoms with Crippen LogP contribution in [0, 0.1) is 29.1 Å². The number of carboxylic acid groups (broad SMARTS) is 1. The molecule has 47 heavy (non-hydrogen) atoms. The fourth-order valence-corrected chi connectivity index (χ4v) is 4.73. The molecule has 0 fully saturated rings. The van der Waals surface area contributed by atoms with E-state index in [0.29, 0.717) is 16.7 Å². The molecule has 260 valence electrons. The predicted molar refractivity (Wildman–Crippen MR) is 174 cm³/mol. The average molecular weight is 711 g/mol. The molecule has 1 heterocycles. The number of carbonyl (C=O) groups is 2. The number of alkyl halides is 1. The van der Waals surface area contributed by atoms with Gasteiger partial charge in [-0.2, -0.15) is 4.39 Å². The summed E-state index contributed by atoms with van der Waals surface area (Å²) in [5, 5.41) is 7.65. The van der Waals surface area contributed by atoms with E-state index in [1.807, 2.05) is 20.8 Å². The highest BCUT2D eigenvalue weighted by molar-refractivity contribution is 7.39. The second-order valence-electron chi connectivity index (χ2n) is 8.65. The van der Waals surface area contributed by atoms with Crippen LogP contribution in [0.25, 0.3) is 10.1 Å². The SMILES string of the molecule is CC.CCC[C@H](C)N.COC.Fc1cc(F)c(F)c(F)c1F.O=CO.O=Cc1cc2cc(C(F)[P+](=O)Oc3ccccc3)ccc2s1. The summed E-state index contributed by atoms with van der Waals surface area (Å²) in [5.74, 6) is -11.0. The van der Waals surface area contributed by atoms with Crippen molar-refractivity contribution in [1.29, 1.82) is 0 Å². The van der Waals surface area contributed by atoms with Crippen molar-refractivity contribution in [3.05, 3.63) is 100 Å². The lowest BCUT2D eigenvalue weighted by atomic mass is 10.2. The van der Waals surface area contributed by atoms with Crippen LogP contribution in [-0.2, 0) is 14.1 Å². The van der Waals surface area contributed by atoms with E-state index in [9.17, 15) is 35.7 Å². The lowest BCUT2D eigenvalue weighted by Gasteiger charge is -1.99. The summed E-state index contributed by atoms with van der Waals surface area (Å²) < 4.78 is 96.7. The van der Waals surface area contributed by atoms with Crippen LogP contribution in [0.1, 0.15) is 61.7 Å². The summed E-state index contributed by atoms with van der Waals surface area (Å²) in [4.78, 5) is 19.7. The van der Waals surface area contributed by atoms with E-state index in [2.05, 4.69) is 11.7 Å². The van der Waals surface area contributed by atoms with Crippen molar-refractivity contribution in [3.8, 4) is 5.75 Å². The van der Waals surface area contributed by atoms with Crippen LogP contribution in [0.5, 0.6) is 5.75 Å². The molecule has 3 N–H and O–H groups in total. The summed E-state index contributed by atoms with van der Waals surface area (Å²) in [6.45, 7) is 7.92. The predicted octanol–water partition coefficient (Wildman–Crippen LogP) is 10.0. The number of carbonyl (C=O) groups excluding carboxylic acids is 1. The van der Waals surface area contributed by atoms with Crippen molar-refractivity contribution in [2.75, 3.05) is 14.2 Å². The first kappa shape index (κ1) is 45.3. The molecule has 0 bridgehead atoms. The molecule has 0 amide bonds. The average Bonchev–Trinajstić information content (AvgIpc) is 3.48. The Bertz CT molecular complexity index is 1450. The van der Waals surface area contributed by atoms with Crippen LogP contribution in [-0.4, -0.2) is 38.1 Å². The Morgan fingerprint density at radius 3 is 1.85 bits per heavy atom. The fraction of sp³-hybridized carbons (Fsp3) is 0.312. The van der Waals surface area contributed by atoms with Crippen LogP contribution in [0.15, 0.2) is 60.7 Å². The number of nitrogens with two attached hydrogens (primary N) is 1. The van der Waals surface area contributed by atoms with Gasteiger partial charge in [0.1, 0.15) is 0 Å². The van der Waals surface area contributed by atoms with E-state index in [4.69, 9.17) is 20.2 Å². The Kier molecular flexibility index (Phi) is 25.3. The van der Waals surface area contributed by atoms with E-state index in [-0.39, 0.29) is 18.1 Å². The third-order valence-corrected chi connectivity index (χ3v) is 6.98. The Balaban J connectivity index is 0. The van der Waals surface area contributed by atoms with Crippen molar-refractivity contribution < 1.29 is 54.9 Å². The van der Waals surface area contributed by atoms with E-state index in [1.54, 1.807) is 68.8 Å². The molecule has 0 aliphatic heterocycles. The van der Waals surface area contributed by atoms with Crippen molar-refractivity contribution in [1.82, 2.24) is 0 Å². The number of rotatable bonds is 7. The van der Waals surface area contributed by atoms with Crippen molar-refractivity contribution >= 4 is 42.2 Å². The normalized spacial score (nSPS) is 11.0. The maximum absolute atomic E-state index is 14.4. The molecule has 0 radical (unpaired) electrons. The van der Waals surface area contributed by atoms with Gasteiger partial charge in [-0.3, -0.25) is 14.1 Å². The van der Waals surface area contributed by atoms with Gasteiger partial charge >= 0.3 is 13.9 Å². The van der Waals surface area contributed by atoms with Gasteiger partial charge in [0, 0.05) is 36.6 Å². The Morgan fingerprint density at radius 1 is 0.915 bits per heavy atom. The van der Waals surface area contributed by atoms with Gasteiger partial charge < -0.3 is 15.6 Å². The lowest BCUT2D eigenvalue weighted by Crippen LogP contribution is -2.13. The largest absolute Gasteiger partial charge is 0.598 e. The molecule has 7 nitrogen and oxygen atoms in total. The van der Waals surface area contributed by atoms with Crippen molar-refractivity contribution in [2.24, 2.45) is 5.73 Å². The van der Waals surface area contributed by atoms with Gasteiger partial charge in [0.2, 0.25) is 5.82 Å². The Hall–Kier alpha value is -3.84. The number of benzene rings is 3. The molecule has 4 rings (SSSR count). The first-order valence-electron chi connectivity index (χ1n) is 13.9. The third kappa shape index (κ3) is 17.6. The standard InChI is InChI=1S/C16H11FO3PS.C6HF5.C5H13N.C2H6O.C2H6.CH2O2/c17-16(21(19)20-13-4-2-1-3-5-13)11-6-7-15-12(8-11)9-14(10-18)22-15;7-2-1-3(8)5(10)6(11)4(2)9;1-3-4-5(2)6;1-3-2;1-2;2-1-3/h1-10,16H;1H;5H,3-4,6H2,1-2H3;1-2H3;1-2H3;1H,(H,2,3)/q+1;;;;;/t;;5-;;;/m..0.../s1. The zero-order valence-corrected chi connectivity index (χ0v) is 28.4. The topological polar surface area (TPSA) is 116 Å². The maximum atomic E-state index is 14.4. The molecule has 0 saturated heterocycles. The number of hydrogen-bond donors (Lipinski definition) is 2. The van der Waals surface area contributed by atoms with Gasteiger partial charge in [0.15, 0.2) is 35.3 Å². The van der Waals surface area contributed by atoms with Crippen LogP contribution >= 0.6 is 19.4 Å². The number of aldehydes is 1. The second-order valence-corrected chi connectivity index (χ2v) is 11.0. The molecule has 3 aromatic carbocycles. The summed E-state index contributed by atoms with van der Waals surface area (Å²) in [6, 6.07) is 15.4. The van der Waals surface area contributed by atoms with Crippen LogP contribution in [0.4, 0.5) is 26.3 Å². The summed E-state index contributed by atoms with van der Waals surface area (Å²) in [5.41, 5.74) is 5.68. The smallest absolute Gasteiger partial charge is 0.483 e. The van der Waals surface area contributed by atoms with Gasteiger partial charge in [-0.25, -0.2) is 22.0 Å². The van der Waals surface area contributed by atoms with E-state index >= 15 is 0 Å². The molecule has 4 aromatic rings. The first-order chi connectivity index (χ1) is 22.3. The molecular weight excluding hydrogens is 671 g/mol. The van der Waals surface area contributed by atoms with Gasteiger partial charge in [-0.05, 0) is 53.6 Å². The number of methoxy groups -OCH3 is 1. The third-order valence-electron chi connectivity index (χ3n) is 4.88. The van der Waals surface area contributed by atoms with Gasteiger partial charge in [0.05, 0.1) is 4.88 Å². The minimum Gasteiger partial charge on any atom is -0.483 e. The number of halogens is 6. The molecule has 0 spiro atoms. The van der Waals surface area contributed by atoms with E-state index in [1.165, 1.54) is 17.8 Å². The fourth-order valence-electron chi connectivity index (χ4n) is 3.04. The zero-order valence-electron chi connectivity index (χ0n) is 26.7. The quantitative estimate of drug-likeness (QED) is 0.0645. The molecule has 3 atom stereocenters. The minimum atomic E-state index is -2.53. The molecule has 15 heteroatoms. The first-order valence-corrected chi connectivity index (χ1v) is 15.9. The molecule has 2 unspecified atom stereocenters. The van der Waals surface area contributed by atoms with Gasteiger partial charge in [-0.1, -0.05) is 51.5 Å². The second kappa shape index (κ2) is 26.3. The summed E-state index contributed by atoms with van der Waals surface area (Å²) >= 11 is 1.33. The number of fused-ring (bicyclic) bond motifs is 1. The van der Waals surface area contributed by atoms with Gasteiger partial charge in [0.25, 0.3) is 6.47 Å². The van der Waals surface area contributed by atoms with Crippen LogP contribution in [0.2, 0.25) is 0 Å². The van der Waals surface area contributed by atoms with Crippen LogP contribution < -0.4 is 10.3 Å². The highest BCUT2D eigenvalue weighted by Crippen LogP contribution is 2.44. The Labute approximate surface area is 275 Å². The minimum absolute atomic E-state index is 0.0618. The number of para-hydroxylation sites is 1. The molecule has 0 aliphatic carbocycles. The molecular formula is C32H39F6NO6PS+. The van der Waals surface area contributed by atoms with Crippen LogP contribution in [0.3, 0.4) is 0 Å². The highest BCUT2D eigenvalue weighted by Gasteiger charge is 2.36. The van der Waals surface area contributed by atoms with Gasteiger partial charge in [-0.15, -0.1) is 11.3 Å².